The molecule has 0 aliphatic heterocycles. The standard InChI is InChI=1S/C15H22BrNO3/c1-4-6-7-17-15(18)11-9-12(16)14(20-8-5-2)13(10-11)19-3/h9-10H,4-8H2,1-3H3,(H,17,18). The van der Waals surface area contributed by atoms with E-state index in [1.165, 1.54) is 0 Å². The third-order valence-electron chi connectivity index (χ3n) is 2.76. The molecule has 0 aliphatic carbocycles. The smallest absolute Gasteiger partial charge is 0.251 e. The van der Waals surface area contributed by atoms with Crippen LogP contribution in [0.2, 0.25) is 0 Å². The summed E-state index contributed by atoms with van der Waals surface area (Å²) in [5.41, 5.74) is 0.564. The number of rotatable bonds is 8. The molecular formula is C15H22BrNO3. The molecule has 0 saturated carbocycles. The minimum atomic E-state index is -0.0977. The van der Waals surface area contributed by atoms with E-state index in [4.69, 9.17) is 9.47 Å². The number of benzene rings is 1. The molecule has 0 heterocycles. The monoisotopic (exact) mass is 343 g/mol. The Kier molecular flexibility index (Phi) is 7.44. The largest absolute Gasteiger partial charge is 0.493 e. The minimum Gasteiger partial charge on any atom is -0.493 e. The summed E-state index contributed by atoms with van der Waals surface area (Å²) in [6.45, 7) is 5.42. The Labute approximate surface area is 129 Å². The van der Waals surface area contributed by atoms with Crippen molar-refractivity contribution in [2.24, 2.45) is 0 Å². The van der Waals surface area contributed by atoms with Gasteiger partial charge in [0, 0.05) is 12.1 Å². The summed E-state index contributed by atoms with van der Waals surface area (Å²) in [5.74, 6) is 1.10. The molecule has 0 fully saturated rings. The van der Waals surface area contributed by atoms with Crippen molar-refractivity contribution in [2.45, 2.75) is 33.1 Å². The summed E-state index contributed by atoms with van der Waals surface area (Å²) in [7, 11) is 1.57. The maximum absolute atomic E-state index is 12.0. The summed E-state index contributed by atoms with van der Waals surface area (Å²) in [5, 5.41) is 2.88. The molecule has 5 heteroatoms. The number of halogens is 1. The van der Waals surface area contributed by atoms with Gasteiger partial charge in [-0.3, -0.25) is 4.79 Å². The molecule has 20 heavy (non-hydrogen) atoms. The van der Waals surface area contributed by atoms with Crippen LogP contribution < -0.4 is 14.8 Å². The molecule has 1 amide bonds. The highest BCUT2D eigenvalue weighted by Gasteiger charge is 2.15. The van der Waals surface area contributed by atoms with E-state index in [2.05, 4.69) is 28.2 Å². The van der Waals surface area contributed by atoms with Crippen LogP contribution in [0.5, 0.6) is 11.5 Å². The average Bonchev–Trinajstić information content (AvgIpc) is 2.45. The topological polar surface area (TPSA) is 47.6 Å². The lowest BCUT2D eigenvalue weighted by Gasteiger charge is -2.14. The van der Waals surface area contributed by atoms with Gasteiger partial charge in [0.2, 0.25) is 0 Å². The zero-order valence-corrected chi connectivity index (χ0v) is 13.9. The zero-order chi connectivity index (χ0) is 15.0. The fourth-order valence-electron chi connectivity index (χ4n) is 1.68. The van der Waals surface area contributed by atoms with Crippen molar-refractivity contribution < 1.29 is 14.3 Å². The Morgan fingerprint density at radius 3 is 2.65 bits per heavy atom. The van der Waals surface area contributed by atoms with Gasteiger partial charge < -0.3 is 14.8 Å². The number of methoxy groups -OCH3 is 1. The number of hydrogen-bond acceptors (Lipinski definition) is 3. The Hall–Kier alpha value is -1.23. The van der Waals surface area contributed by atoms with Crippen molar-refractivity contribution in [3.8, 4) is 11.5 Å². The van der Waals surface area contributed by atoms with Crippen molar-refractivity contribution in [1.82, 2.24) is 5.32 Å². The van der Waals surface area contributed by atoms with Crippen molar-refractivity contribution >= 4 is 21.8 Å². The van der Waals surface area contributed by atoms with Crippen LogP contribution in [0, 0.1) is 0 Å². The van der Waals surface area contributed by atoms with Crippen LogP contribution in [0.25, 0.3) is 0 Å². The van der Waals surface area contributed by atoms with E-state index in [0.717, 1.165) is 23.7 Å². The van der Waals surface area contributed by atoms with Gasteiger partial charge in [0.15, 0.2) is 11.5 Å². The van der Waals surface area contributed by atoms with Crippen molar-refractivity contribution in [1.29, 1.82) is 0 Å². The van der Waals surface area contributed by atoms with E-state index < -0.39 is 0 Å². The Balaban J connectivity index is 2.89. The molecule has 0 aliphatic rings. The predicted octanol–water partition coefficient (Wildman–Crippen LogP) is 3.78. The number of ether oxygens (including phenoxy) is 2. The summed E-state index contributed by atoms with van der Waals surface area (Å²) in [6, 6.07) is 3.46. The lowest BCUT2D eigenvalue weighted by Crippen LogP contribution is -2.24. The molecule has 1 N–H and O–H groups in total. The van der Waals surface area contributed by atoms with E-state index in [9.17, 15) is 4.79 Å². The minimum absolute atomic E-state index is 0.0977. The molecule has 0 radical (unpaired) electrons. The Morgan fingerprint density at radius 2 is 2.05 bits per heavy atom. The zero-order valence-electron chi connectivity index (χ0n) is 12.3. The first kappa shape index (κ1) is 16.8. The molecular weight excluding hydrogens is 322 g/mol. The lowest BCUT2D eigenvalue weighted by atomic mass is 10.2. The maximum Gasteiger partial charge on any atom is 0.251 e. The number of hydrogen-bond donors (Lipinski definition) is 1. The van der Waals surface area contributed by atoms with Crippen LogP contribution in [0.3, 0.4) is 0 Å². The van der Waals surface area contributed by atoms with E-state index in [1.807, 2.05) is 6.92 Å². The maximum atomic E-state index is 12.0. The number of amides is 1. The SMILES string of the molecule is CCCCNC(=O)c1cc(Br)c(OCCC)c(OC)c1. The fraction of sp³-hybridized carbons (Fsp3) is 0.533. The van der Waals surface area contributed by atoms with Gasteiger partial charge in [-0.15, -0.1) is 0 Å². The third-order valence-corrected chi connectivity index (χ3v) is 3.35. The Bertz CT molecular complexity index is 449. The molecule has 0 saturated heterocycles. The van der Waals surface area contributed by atoms with Gasteiger partial charge in [-0.2, -0.15) is 0 Å². The van der Waals surface area contributed by atoms with Gasteiger partial charge >= 0.3 is 0 Å². The molecule has 0 bridgehead atoms. The van der Waals surface area contributed by atoms with Crippen LogP contribution in [0.4, 0.5) is 0 Å². The van der Waals surface area contributed by atoms with Gasteiger partial charge in [-0.25, -0.2) is 0 Å². The number of unbranched alkanes of at least 4 members (excludes halogenated alkanes) is 1. The average molecular weight is 344 g/mol. The third kappa shape index (κ3) is 4.71. The highest BCUT2D eigenvalue weighted by molar-refractivity contribution is 9.10. The fourth-order valence-corrected chi connectivity index (χ4v) is 2.23. The van der Waals surface area contributed by atoms with Crippen LogP contribution in [-0.4, -0.2) is 26.2 Å². The molecule has 4 nitrogen and oxygen atoms in total. The van der Waals surface area contributed by atoms with E-state index in [-0.39, 0.29) is 5.91 Å². The first-order valence-corrected chi connectivity index (χ1v) is 7.71. The molecule has 0 unspecified atom stereocenters. The van der Waals surface area contributed by atoms with Crippen LogP contribution >= 0.6 is 15.9 Å². The van der Waals surface area contributed by atoms with Gasteiger partial charge in [0.05, 0.1) is 18.2 Å². The number of carbonyl (C=O) groups excluding carboxylic acids is 1. The molecule has 1 aromatic carbocycles. The van der Waals surface area contributed by atoms with Gasteiger partial charge in [-0.05, 0) is 40.9 Å². The van der Waals surface area contributed by atoms with Crippen molar-refractivity contribution in [2.75, 3.05) is 20.3 Å². The van der Waals surface area contributed by atoms with E-state index >= 15 is 0 Å². The molecule has 0 spiro atoms. The second-order valence-corrected chi connectivity index (χ2v) is 5.30. The lowest BCUT2D eigenvalue weighted by molar-refractivity contribution is 0.0952. The molecule has 0 atom stereocenters. The molecule has 112 valence electrons. The second-order valence-electron chi connectivity index (χ2n) is 4.45. The first-order chi connectivity index (χ1) is 9.63. The second kappa shape index (κ2) is 8.84. The Morgan fingerprint density at radius 1 is 1.30 bits per heavy atom. The highest BCUT2D eigenvalue weighted by Crippen LogP contribution is 2.36. The van der Waals surface area contributed by atoms with Crippen LogP contribution in [0.15, 0.2) is 16.6 Å². The van der Waals surface area contributed by atoms with Crippen LogP contribution in [0.1, 0.15) is 43.5 Å². The number of nitrogens with one attached hydrogen (secondary N) is 1. The summed E-state index contributed by atoms with van der Waals surface area (Å²) >= 11 is 3.43. The van der Waals surface area contributed by atoms with E-state index in [1.54, 1.807) is 19.2 Å². The summed E-state index contributed by atoms with van der Waals surface area (Å²) < 4.78 is 11.7. The van der Waals surface area contributed by atoms with Crippen LogP contribution in [-0.2, 0) is 0 Å². The van der Waals surface area contributed by atoms with Crippen molar-refractivity contribution in [3.05, 3.63) is 22.2 Å². The molecule has 1 rings (SSSR count). The first-order valence-electron chi connectivity index (χ1n) is 6.92. The number of carbonyl (C=O) groups is 1. The quantitative estimate of drug-likeness (QED) is 0.730. The van der Waals surface area contributed by atoms with Gasteiger partial charge in [0.1, 0.15) is 0 Å². The van der Waals surface area contributed by atoms with Gasteiger partial charge in [0.25, 0.3) is 5.91 Å². The van der Waals surface area contributed by atoms with Crippen molar-refractivity contribution in [3.63, 3.8) is 0 Å². The summed E-state index contributed by atoms with van der Waals surface area (Å²) in [4.78, 5) is 12.0. The van der Waals surface area contributed by atoms with Gasteiger partial charge in [-0.1, -0.05) is 20.3 Å². The summed E-state index contributed by atoms with van der Waals surface area (Å²) in [6.07, 6.45) is 2.94. The molecule has 1 aromatic rings. The van der Waals surface area contributed by atoms with E-state index in [0.29, 0.717) is 30.2 Å². The highest BCUT2D eigenvalue weighted by atomic mass is 79.9. The predicted molar refractivity (Wildman–Crippen MR) is 83.7 cm³/mol. The normalized spacial score (nSPS) is 10.2. The molecule has 0 aromatic heterocycles.